The number of aliphatic hydroxyl groups excluding tert-OH is 3. The number of carbonyl (C=O) groups excluding carboxylic acids is 1. The number of amides is 1. The van der Waals surface area contributed by atoms with Crippen molar-refractivity contribution in [1.29, 1.82) is 0 Å². The standard InChI is InChI=1S/C58H107NO4/c1-3-5-7-9-11-13-15-17-19-21-23-25-26-27-28-29-30-32-33-35-37-39-41-43-45-47-49-51-55(61)53-58(63)59-56(54-60)57(62)52-50-48-46-44-42-40-38-36-34-31-24-22-20-18-16-14-12-10-8-6-4-2/h23,25,27-28,34,36,42,44,50,52,55-57,60-62H,3-22,24,26,29-33,35,37-41,43,45-49,51,53-54H2,1-2H3,(H,59,63)/b25-23-,28-27-,36-34+,44-42+,52-50+. The highest BCUT2D eigenvalue weighted by Crippen LogP contribution is 2.16. The van der Waals surface area contributed by atoms with Crippen LogP contribution in [0.5, 0.6) is 0 Å². The van der Waals surface area contributed by atoms with E-state index in [-0.39, 0.29) is 18.9 Å². The molecular weight excluding hydrogens is 775 g/mol. The van der Waals surface area contributed by atoms with Crippen LogP contribution in [-0.4, -0.2) is 46.1 Å². The summed E-state index contributed by atoms with van der Waals surface area (Å²) < 4.78 is 0. The molecule has 0 aromatic carbocycles. The monoisotopic (exact) mass is 882 g/mol. The van der Waals surface area contributed by atoms with Crippen LogP contribution in [0.1, 0.15) is 277 Å². The molecule has 0 saturated heterocycles. The maximum atomic E-state index is 12.5. The highest BCUT2D eigenvalue weighted by molar-refractivity contribution is 5.76. The summed E-state index contributed by atoms with van der Waals surface area (Å²) in [6.07, 6.45) is 71.1. The number of nitrogens with one attached hydrogen (secondary N) is 1. The minimum Gasteiger partial charge on any atom is -0.394 e. The van der Waals surface area contributed by atoms with Crippen LogP contribution < -0.4 is 5.32 Å². The number of aliphatic hydroxyl groups is 3. The Labute approximate surface area is 392 Å². The van der Waals surface area contributed by atoms with Gasteiger partial charge >= 0.3 is 0 Å². The number of allylic oxidation sites excluding steroid dienone is 9. The molecule has 5 heteroatoms. The minimum atomic E-state index is -0.963. The Morgan fingerprint density at radius 1 is 0.413 bits per heavy atom. The summed E-state index contributed by atoms with van der Waals surface area (Å²) in [5.74, 6) is -0.330. The zero-order valence-corrected chi connectivity index (χ0v) is 42.0. The van der Waals surface area contributed by atoms with E-state index in [1.807, 2.05) is 6.08 Å². The summed E-state index contributed by atoms with van der Waals surface area (Å²) in [6, 6.07) is -0.771. The Morgan fingerprint density at radius 2 is 0.730 bits per heavy atom. The van der Waals surface area contributed by atoms with Crippen molar-refractivity contribution >= 4 is 5.91 Å². The minimum absolute atomic E-state index is 0.000614. The molecule has 0 aromatic rings. The van der Waals surface area contributed by atoms with Gasteiger partial charge in [0, 0.05) is 0 Å². The van der Waals surface area contributed by atoms with Crippen molar-refractivity contribution < 1.29 is 20.1 Å². The fourth-order valence-electron chi connectivity index (χ4n) is 8.29. The third kappa shape index (κ3) is 49.3. The van der Waals surface area contributed by atoms with E-state index in [2.05, 4.69) is 67.8 Å². The van der Waals surface area contributed by atoms with E-state index in [1.54, 1.807) is 6.08 Å². The van der Waals surface area contributed by atoms with Crippen LogP contribution in [0, 0.1) is 0 Å². The third-order valence-electron chi connectivity index (χ3n) is 12.5. The van der Waals surface area contributed by atoms with Gasteiger partial charge in [-0.1, -0.05) is 254 Å². The molecule has 0 saturated carbocycles. The van der Waals surface area contributed by atoms with Crippen LogP contribution in [0.15, 0.2) is 60.8 Å². The van der Waals surface area contributed by atoms with E-state index in [0.29, 0.717) is 6.42 Å². The van der Waals surface area contributed by atoms with Gasteiger partial charge in [-0.25, -0.2) is 0 Å². The maximum absolute atomic E-state index is 12.5. The number of carbonyl (C=O) groups is 1. The van der Waals surface area contributed by atoms with E-state index in [0.717, 1.165) is 44.9 Å². The topological polar surface area (TPSA) is 89.8 Å². The lowest BCUT2D eigenvalue weighted by atomic mass is 10.0. The lowest BCUT2D eigenvalue weighted by Crippen LogP contribution is -2.45. The van der Waals surface area contributed by atoms with Gasteiger partial charge in [0.15, 0.2) is 0 Å². The summed E-state index contributed by atoms with van der Waals surface area (Å²) in [5, 5.41) is 33.4. The van der Waals surface area contributed by atoms with Crippen molar-refractivity contribution in [3.05, 3.63) is 60.8 Å². The first-order valence-corrected chi connectivity index (χ1v) is 27.6. The first-order chi connectivity index (χ1) is 31.0. The first kappa shape index (κ1) is 61.0. The number of hydrogen-bond acceptors (Lipinski definition) is 4. The Hall–Kier alpha value is -1.95. The van der Waals surface area contributed by atoms with Gasteiger partial charge in [-0.15, -0.1) is 0 Å². The van der Waals surface area contributed by atoms with Crippen LogP contribution in [0.4, 0.5) is 0 Å². The predicted octanol–water partition coefficient (Wildman–Crippen LogP) is 17.0. The largest absolute Gasteiger partial charge is 0.394 e. The van der Waals surface area contributed by atoms with Crippen molar-refractivity contribution in [2.75, 3.05) is 6.61 Å². The highest BCUT2D eigenvalue weighted by atomic mass is 16.3. The molecule has 0 rings (SSSR count). The van der Waals surface area contributed by atoms with E-state index in [4.69, 9.17) is 0 Å². The average Bonchev–Trinajstić information content (AvgIpc) is 3.28. The Kier molecular flexibility index (Phi) is 51.0. The van der Waals surface area contributed by atoms with Gasteiger partial charge in [-0.2, -0.15) is 0 Å². The van der Waals surface area contributed by atoms with Crippen LogP contribution in [0.2, 0.25) is 0 Å². The Bertz CT molecular complexity index is 1060. The molecule has 0 radical (unpaired) electrons. The lowest BCUT2D eigenvalue weighted by Gasteiger charge is -2.21. The molecule has 0 heterocycles. The normalized spacial score (nSPS) is 13.8. The molecule has 0 spiro atoms. The molecule has 0 aliphatic carbocycles. The second-order valence-corrected chi connectivity index (χ2v) is 18.8. The molecule has 63 heavy (non-hydrogen) atoms. The third-order valence-corrected chi connectivity index (χ3v) is 12.5. The molecule has 3 unspecified atom stereocenters. The SMILES string of the molecule is CCCCCCCCCCC/C=C\C/C=C\CCCCCCCCCCCCCC(O)CC(=O)NC(CO)C(O)/C=C/CC/C=C/CC/C=C/CCCCCCCCCCCCC. The molecule has 368 valence electrons. The molecule has 3 atom stereocenters. The fourth-order valence-corrected chi connectivity index (χ4v) is 8.29. The van der Waals surface area contributed by atoms with Crippen LogP contribution in [-0.2, 0) is 4.79 Å². The smallest absolute Gasteiger partial charge is 0.222 e. The summed E-state index contributed by atoms with van der Waals surface area (Å²) in [6.45, 7) is 4.21. The van der Waals surface area contributed by atoms with E-state index >= 15 is 0 Å². The van der Waals surface area contributed by atoms with Gasteiger partial charge in [0.05, 0.1) is 31.3 Å². The maximum Gasteiger partial charge on any atom is 0.222 e. The zero-order valence-electron chi connectivity index (χ0n) is 42.0. The molecule has 0 aliphatic rings. The first-order valence-electron chi connectivity index (χ1n) is 27.6. The number of hydrogen-bond donors (Lipinski definition) is 4. The average molecular weight is 882 g/mol. The summed E-state index contributed by atoms with van der Waals surface area (Å²) in [7, 11) is 0. The molecule has 1 amide bonds. The number of unbranched alkanes of at least 4 members (excludes halogenated alkanes) is 33. The Morgan fingerprint density at radius 3 is 1.11 bits per heavy atom. The van der Waals surface area contributed by atoms with Gasteiger partial charge in [-0.3, -0.25) is 4.79 Å². The van der Waals surface area contributed by atoms with Gasteiger partial charge in [-0.05, 0) is 77.0 Å². The highest BCUT2D eigenvalue weighted by Gasteiger charge is 2.20. The zero-order chi connectivity index (χ0) is 45.8. The second kappa shape index (κ2) is 52.7. The summed E-state index contributed by atoms with van der Waals surface area (Å²) >= 11 is 0. The van der Waals surface area contributed by atoms with E-state index in [1.165, 1.54) is 205 Å². The second-order valence-electron chi connectivity index (χ2n) is 18.8. The van der Waals surface area contributed by atoms with Gasteiger partial charge in [0.2, 0.25) is 5.91 Å². The molecule has 0 bridgehead atoms. The quantitative estimate of drug-likeness (QED) is 0.0362. The van der Waals surface area contributed by atoms with E-state index in [9.17, 15) is 20.1 Å². The van der Waals surface area contributed by atoms with Crippen LogP contribution in [0.3, 0.4) is 0 Å². The van der Waals surface area contributed by atoms with E-state index < -0.39 is 18.2 Å². The lowest BCUT2D eigenvalue weighted by molar-refractivity contribution is -0.124. The van der Waals surface area contributed by atoms with Gasteiger partial charge in [0.25, 0.3) is 0 Å². The van der Waals surface area contributed by atoms with Gasteiger partial charge < -0.3 is 20.6 Å². The molecule has 0 aromatic heterocycles. The van der Waals surface area contributed by atoms with Crippen molar-refractivity contribution in [1.82, 2.24) is 5.32 Å². The van der Waals surface area contributed by atoms with Crippen molar-refractivity contribution in [2.24, 2.45) is 0 Å². The van der Waals surface area contributed by atoms with Crippen molar-refractivity contribution in [3.8, 4) is 0 Å². The molecule has 4 N–H and O–H groups in total. The summed E-state index contributed by atoms with van der Waals surface area (Å²) in [5.41, 5.74) is 0. The van der Waals surface area contributed by atoms with Gasteiger partial charge in [0.1, 0.15) is 0 Å². The van der Waals surface area contributed by atoms with Crippen LogP contribution >= 0.6 is 0 Å². The molecule has 0 fully saturated rings. The fraction of sp³-hybridized carbons (Fsp3) is 0.810. The molecular formula is C58H107NO4. The molecule has 0 aliphatic heterocycles. The Balaban J connectivity index is 3.65. The van der Waals surface area contributed by atoms with Crippen molar-refractivity contribution in [2.45, 2.75) is 295 Å². The number of rotatable bonds is 50. The van der Waals surface area contributed by atoms with Crippen molar-refractivity contribution in [3.63, 3.8) is 0 Å². The molecule has 5 nitrogen and oxygen atoms in total. The van der Waals surface area contributed by atoms with Crippen LogP contribution in [0.25, 0.3) is 0 Å². The predicted molar refractivity (Wildman–Crippen MR) is 277 cm³/mol. The summed E-state index contributed by atoms with van der Waals surface area (Å²) in [4.78, 5) is 12.5.